The molecule has 2 aromatic carbocycles. The molecule has 1 atom stereocenters. The molecule has 3 rings (SSSR count). The normalized spacial score (nSPS) is 16.1. The molecule has 1 aliphatic rings. The van der Waals surface area contributed by atoms with Crippen molar-refractivity contribution in [2.75, 3.05) is 25.2 Å². The fourth-order valence-corrected chi connectivity index (χ4v) is 3.37. The lowest BCUT2D eigenvalue weighted by Gasteiger charge is -2.35. The van der Waals surface area contributed by atoms with Crippen LogP contribution >= 0.6 is 0 Å². The number of carboxylic acids is 1. The van der Waals surface area contributed by atoms with Gasteiger partial charge in [-0.15, -0.1) is 0 Å². The Kier molecular flexibility index (Phi) is 6.84. The van der Waals surface area contributed by atoms with E-state index in [-0.39, 0.29) is 35.7 Å². The summed E-state index contributed by atoms with van der Waals surface area (Å²) < 4.78 is 39.1. The number of nitrogens with zero attached hydrogens (tertiary/aromatic N) is 1. The number of benzene rings is 2. The van der Waals surface area contributed by atoms with E-state index in [1.165, 1.54) is 44.4 Å². The second kappa shape index (κ2) is 9.56. The molecule has 0 spiro atoms. The lowest BCUT2D eigenvalue weighted by molar-refractivity contribution is -0.140. The second-order valence-electron chi connectivity index (χ2n) is 6.83. The summed E-state index contributed by atoms with van der Waals surface area (Å²) in [6, 6.07) is 6.35. The van der Waals surface area contributed by atoms with Crippen molar-refractivity contribution in [1.29, 1.82) is 0 Å². The van der Waals surface area contributed by atoms with Gasteiger partial charge in [0.2, 0.25) is 0 Å². The summed E-state index contributed by atoms with van der Waals surface area (Å²) in [6.07, 6.45) is 0. The maximum Gasteiger partial charge on any atom is 0.338 e. The van der Waals surface area contributed by atoms with Gasteiger partial charge in [0.1, 0.15) is 18.2 Å². The van der Waals surface area contributed by atoms with Crippen molar-refractivity contribution >= 4 is 23.7 Å². The Morgan fingerprint density at radius 3 is 2.28 bits per heavy atom. The van der Waals surface area contributed by atoms with Crippen LogP contribution in [-0.2, 0) is 14.3 Å². The standard InChI is InChI=1S/C22H20F2N2O6/c1-12-17(21(29)32-11-10-31-2)19(18-15(23)4-3-5-16(18)24)25-22(30)26(12)14-8-6-13(7-9-14)20(27)28/h3-9,19H,10-11H2,1-2H3,(H,25,30)(H,27,28). The van der Waals surface area contributed by atoms with E-state index in [1.807, 2.05) is 0 Å². The average molecular weight is 446 g/mol. The van der Waals surface area contributed by atoms with Crippen LogP contribution in [0.2, 0.25) is 0 Å². The molecule has 0 aromatic heterocycles. The van der Waals surface area contributed by atoms with Crippen LogP contribution in [0.3, 0.4) is 0 Å². The number of hydrogen-bond acceptors (Lipinski definition) is 5. The number of anilines is 1. The molecule has 1 aliphatic heterocycles. The highest BCUT2D eigenvalue weighted by Gasteiger charge is 2.39. The molecule has 0 fully saturated rings. The zero-order valence-corrected chi connectivity index (χ0v) is 17.2. The van der Waals surface area contributed by atoms with Crippen LogP contribution in [0.25, 0.3) is 0 Å². The molecular weight excluding hydrogens is 426 g/mol. The number of hydrogen-bond donors (Lipinski definition) is 2. The lowest BCUT2D eigenvalue weighted by Crippen LogP contribution is -2.48. The van der Waals surface area contributed by atoms with Crippen molar-refractivity contribution in [2.45, 2.75) is 13.0 Å². The first-order valence-corrected chi connectivity index (χ1v) is 9.51. The summed E-state index contributed by atoms with van der Waals surface area (Å²) in [5, 5.41) is 11.5. The second-order valence-corrected chi connectivity index (χ2v) is 6.83. The van der Waals surface area contributed by atoms with Gasteiger partial charge in [-0.2, -0.15) is 0 Å². The van der Waals surface area contributed by atoms with Gasteiger partial charge >= 0.3 is 18.0 Å². The van der Waals surface area contributed by atoms with Crippen LogP contribution < -0.4 is 10.2 Å². The molecule has 0 bridgehead atoms. The maximum absolute atomic E-state index is 14.5. The highest BCUT2D eigenvalue weighted by atomic mass is 19.1. The Hall–Kier alpha value is -3.79. The smallest absolute Gasteiger partial charge is 0.338 e. The summed E-state index contributed by atoms with van der Waals surface area (Å²) in [5.74, 6) is -3.92. The molecule has 0 aliphatic carbocycles. The zero-order valence-electron chi connectivity index (χ0n) is 17.2. The van der Waals surface area contributed by atoms with E-state index in [1.54, 1.807) is 0 Å². The minimum atomic E-state index is -1.44. The van der Waals surface area contributed by atoms with Gasteiger partial charge in [0.25, 0.3) is 0 Å². The van der Waals surface area contributed by atoms with Crippen LogP contribution in [0.1, 0.15) is 28.9 Å². The monoisotopic (exact) mass is 446 g/mol. The van der Waals surface area contributed by atoms with Gasteiger partial charge in [0.15, 0.2) is 0 Å². The van der Waals surface area contributed by atoms with Gasteiger partial charge in [0.05, 0.1) is 35.0 Å². The van der Waals surface area contributed by atoms with Crippen LogP contribution in [0.4, 0.5) is 19.3 Å². The number of aromatic carboxylic acids is 1. The largest absolute Gasteiger partial charge is 0.478 e. The number of esters is 1. The highest BCUT2D eigenvalue weighted by molar-refractivity contribution is 6.03. The van der Waals surface area contributed by atoms with Crippen molar-refractivity contribution in [3.05, 3.63) is 76.5 Å². The van der Waals surface area contributed by atoms with Gasteiger partial charge in [-0.3, -0.25) is 4.90 Å². The van der Waals surface area contributed by atoms with E-state index in [4.69, 9.17) is 14.6 Å². The SMILES string of the molecule is COCCOC(=O)C1=C(C)N(c2ccc(C(=O)O)cc2)C(=O)NC1c1c(F)cccc1F. The third-order valence-corrected chi connectivity index (χ3v) is 4.89. The number of halogens is 2. The molecular formula is C22H20F2N2O6. The third kappa shape index (κ3) is 4.45. The van der Waals surface area contributed by atoms with Crippen molar-refractivity contribution in [3.8, 4) is 0 Å². The predicted molar refractivity (Wildman–Crippen MR) is 109 cm³/mol. The molecule has 2 amide bonds. The maximum atomic E-state index is 14.5. The molecule has 168 valence electrons. The number of allylic oxidation sites excluding steroid dienone is 1. The predicted octanol–water partition coefficient (Wildman–Crippen LogP) is 3.40. The molecule has 2 aromatic rings. The van der Waals surface area contributed by atoms with E-state index >= 15 is 0 Å². The van der Waals surface area contributed by atoms with Crippen molar-refractivity contribution in [3.63, 3.8) is 0 Å². The molecule has 10 heteroatoms. The van der Waals surface area contributed by atoms with Crippen LogP contribution in [0.15, 0.2) is 53.7 Å². The Morgan fingerprint density at radius 1 is 1.09 bits per heavy atom. The van der Waals surface area contributed by atoms with Crippen LogP contribution in [-0.4, -0.2) is 43.4 Å². The topological polar surface area (TPSA) is 105 Å². The number of carbonyl (C=O) groups excluding carboxylic acids is 2. The molecule has 32 heavy (non-hydrogen) atoms. The number of rotatable bonds is 7. The van der Waals surface area contributed by atoms with E-state index in [0.29, 0.717) is 0 Å². The number of amides is 2. The Morgan fingerprint density at radius 2 is 1.72 bits per heavy atom. The first-order valence-electron chi connectivity index (χ1n) is 9.51. The molecule has 2 N–H and O–H groups in total. The van der Waals surface area contributed by atoms with Gasteiger partial charge in [0, 0.05) is 12.8 Å². The number of ether oxygens (including phenoxy) is 2. The van der Waals surface area contributed by atoms with E-state index in [9.17, 15) is 23.2 Å². The van der Waals surface area contributed by atoms with E-state index in [2.05, 4.69) is 5.32 Å². The zero-order chi connectivity index (χ0) is 23.4. The number of methoxy groups -OCH3 is 1. The summed E-state index contributed by atoms with van der Waals surface area (Å²) in [6.45, 7) is 1.42. The van der Waals surface area contributed by atoms with Gasteiger partial charge in [-0.1, -0.05) is 6.07 Å². The lowest BCUT2D eigenvalue weighted by atomic mass is 9.93. The molecule has 8 nitrogen and oxygen atoms in total. The molecule has 0 saturated heterocycles. The first-order chi connectivity index (χ1) is 15.3. The number of nitrogens with one attached hydrogen (secondary N) is 1. The van der Waals surface area contributed by atoms with E-state index < -0.39 is 41.2 Å². The van der Waals surface area contributed by atoms with Gasteiger partial charge in [-0.05, 0) is 43.3 Å². The summed E-state index contributed by atoms with van der Waals surface area (Å²) in [7, 11) is 1.42. The van der Waals surface area contributed by atoms with Gasteiger partial charge in [-0.25, -0.2) is 23.2 Å². The summed E-state index contributed by atoms with van der Waals surface area (Å²) in [5.41, 5.74) is -0.350. The molecule has 0 radical (unpaired) electrons. The number of carbonyl (C=O) groups is 3. The minimum Gasteiger partial charge on any atom is -0.478 e. The quantitative estimate of drug-likeness (QED) is 0.499. The van der Waals surface area contributed by atoms with Crippen molar-refractivity contribution in [1.82, 2.24) is 5.32 Å². The molecule has 1 heterocycles. The molecule has 0 saturated carbocycles. The minimum absolute atomic E-state index is 0.00157. The van der Waals surface area contributed by atoms with Gasteiger partial charge < -0.3 is 19.9 Å². The molecule has 1 unspecified atom stereocenters. The highest BCUT2D eigenvalue weighted by Crippen LogP contribution is 2.36. The Balaban J connectivity index is 2.11. The summed E-state index contributed by atoms with van der Waals surface area (Å²) >= 11 is 0. The Bertz CT molecular complexity index is 1060. The fourth-order valence-electron chi connectivity index (χ4n) is 3.37. The Labute approximate surface area is 182 Å². The van der Waals surface area contributed by atoms with Crippen LogP contribution in [0.5, 0.6) is 0 Å². The summed E-state index contributed by atoms with van der Waals surface area (Å²) in [4.78, 5) is 38.0. The van der Waals surface area contributed by atoms with E-state index in [0.717, 1.165) is 17.0 Å². The average Bonchev–Trinajstić information content (AvgIpc) is 2.74. The third-order valence-electron chi connectivity index (χ3n) is 4.89. The first kappa shape index (κ1) is 22.9. The number of urea groups is 1. The van der Waals surface area contributed by atoms with Crippen LogP contribution in [0, 0.1) is 11.6 Å². The van der Waals surface area contributed by atoms with Crippen molar-refractivity contribution in [2.24, 2.45) is 0 Å². The fraction of sp³-hybridized carbons (Fsp3) is 0.227. The van der Waals surface area contributed by atoms with Crippen molar-refractivity contribution < 1.29 is 37.7 Å². The number of carboxylic acid groups (broad SMARTS) is 1.